The minimum Gasteiger partial charge on any atom is -0.550 e. The minimum absolute atomic E-state index is 0. The number of carboxylic acids is 1. The first-order valence-electron chi connectivity index (χ1n) is 4.65. The second kappa shape index (κ2) is 7.44. The third-order valence-electron chi connectivity index (χ3n) is 1.89. The number of aliphatic carboxylic acids is 1. The van der Waals surface area contributed by atoms with Crippen LogP contribution in [0.1, 0.15) is 23.7 Å². The molecule has 0 aromatic heterocycles. The van der Waals surface area contributed by atoms with E-state index in [1.807, 2.05) is 0 Å². The zero-order chi connectivity index (χ0) is 11.3. The van der Waals surface area contributed by atoms with E-state index in [0.717, 1.165) is 0 Å². The predicted molar refractivity (Wildman–Crippen MR) is 53.0 cm³/mol. The monoisotopic (exact) mass is 229 g/mol. The molecule has 16 heavy (non-hydrogen) atoms. The molecule has 0 radical (unpaired) electrons. The molecule has 1 amide bonds. The molecule has 1 N–H and O–H groups in total. The number of benzene rings is 1. The Morgan fingerprint density at radius 2 is 1.88 bits per heavy atom. The van der Waals surface area contributed by atoms with E-state index < -0.39 is 12.0 Å². The molecule has 1 rings (SSSR count). The fourth-order valence-electron chi connectivity index (χ4n) is 1.20. The number of hydrogen-bond donors (Lipinski definition) is 1. The fraction of sp³-hybridized carbons (Fsp3) is 0.273. The SMILES string of the molecule is C[C@H](CC(=O)[O-])NC(=O)c1ccccc1.[Na+]. The Hall–Kier alpha value is -0.840. The molecule has 0 aliphatic carbocycles. The van der Waals surface area contributed by atoms with E-state index in [2.05, 4.69) is 5.32 Å². The van der Waals surface area contributed by atoms with Gasteiger partial charge in [-0.25, -0.2) is 0 Å². The summed E-state index contributed by atoms with van der Waals surface area (Å²) in [6, 6.07) is 8.21. The van der Waals surface area contributed by atoms with E-state index in [4.69, 9.17) is 0 Å². The molecule has 1 atom stereocenters. The van der Waals surface area contributed by atoms with Crippen molar-refractivity contribution in [1.29, 1.82) is 0 Å². The number of carbonyl (C=O) groups is 2. The maximum absolute atomic E-state index is 11.5. The van der Waals surface area contributed by atoms with Gasteiger partial charge in [-0.2, -0.15) is 0 Å². The minimum atomic E-state index is -1.17. The van der Waals surface area contributed by atoms with Gasteiger partial charge in [0.15, 0.2) is 0 Å². The van der Waals surface area contributed by atoms with E-state index >= 15 is 0 Å². The molecule has 0 bridgehead atoms. The van der Waals surface area contributed by atoms with Crippen molar-refractivity contribution in [1.82, 2.24) is 5.32 Å². The number of rotatable bonds is 4. The van der Waals surface area contributed by atoms with Crippen LogP contribution in [0, 0.1) is 0 Å². The zero-order valence-corrected chi connectivity index (χ0v) is 11.4. The molecule has 80 valence electrons. The summed E-state index contributed by atoms with van der Waals surface area (Å²) in [5.41, 5.74) is 0.516. The molecule has 0 unspecified atom stereocenters. The molecule has 0 aliphatic rings. The Morgan fingerprint density at radius 3 is 2.38 bits per heavy atom. The molecule has 0 heterocycles. The first-order valence-corrected chi connectivity index (χ1v) is 4.65. The van der Waals surface area contributed by atoms with E-state index in [1.165, 1.54) is 0 Å². The van der Waals surface area contributed by atoms with Crippen LogP contribution in [-0.2, 0) is 4.79 Å². The largest absolute Gasteiger partial charge is 1.00 e. The van der Waals surface area contributed by atoms with Crippen molar-refractivity contribution in [3.63, 3.8) is 0 Å². The van der Waals surface area contributed by atoms with E-state index in [-0.39, 0.29) is 41.9 Å². The maximum atomic E-state index is 11.5. The molecular formula is C11H12NNaO3. The molecule has 1 aromatic carbocycles. The van der Waals surface area contributed by atoms with Gasteiger partial charge in [0.25, 0.3) is 5.91 Å². The Kier molecular flexibility index (Phi) is 7.05. The molecule has 0 spiro atoms. The van der Waals surface area contributed by atoms with E-state index in [0.29, 0.717) is 5.56 Å². The molecule has 0 aliphatic heterocycles. The average molecular weight is 229 g/mol. The molecule has 0 saturated heterocycles. The van der Waals surface area contributed by atoms with Gasteiger partial charge in [-0.05, 0) is 19.1 Å². The second-order valence-corrected chi connectivity index (χ2v) is 3.32. The summed E-state index contributed by atoms with van der Waals surface area (Å²) in [5.74, 6) is -1.44. The van der Waals surface area contributed by atoms with Crippen molar-refractivity contribution in [3.8, 4) is 0 Å². The first-order chi connectivity index (χ1) is 7.09. The fourth-order valence-corrected chi connectivity index (χ4v) is 1.20. The van der Waals surface area contributed by atoms with Gasteiger partial charge in [-0.1, -0.05) is 18.2 Å². The van der Waals surface area contributed by atoms with Crippen LogP contribution in [0.4, 0.5) is 0 Å². The Balaban J connectivity index is 0.00000225. The van der Waals surface area contributed by atoms with Crippen LogP contribution in [0.15, 0.2) is 30.3 Å². The van der Waals surface area contributed by atoms with Crippen LogP contribution in [0.5, 0.6) is 0 Å². The summed E-state index contributed by atoms with van der Waals surface area (Å²) < 4.78 is 0. The number of carboxylic acid groups (broad SMARTS) is 1. The molecule has 0 fully saturated rings. The van der Waals surface area contributed by atoms with Gasteiger partial charge in [0.2, 0.25) is 0 Å². The van der Waals surface area contributed by atoms with Crippen molar-refractivity contribution in [2.24, 2.45) is 0 Å². The third-order valence-corrected chi connectivity index (χ3v) is 1.89. The topological polar surface area (TPSA) is 69.2 Å². The quantitative estimate of drug-likeness (QED) is 0.558. The second-order valence-electron chi connectivity index (χ2n) is 3.32. The predicted octanol–water partition coefficient (Wildman–Crippen LogP) is -3.05. The number of hydrogen-bond acceptors (Lipinski definition) is 3. The van der Waals surface area contributed by atoms with Crippen LogP contribution in [-0.4, -0.2) is 17.9 Å². The summed E-state index contributed by atoms with van der Waals surface area (Å²) >= 11 is 0. The first kappa shape index (κ1) is 15.2. The van der Waals surface area contributed by atoms with Gasteiger partial charge >= 0.3 is 29.6 Å². The van der Waals surface area contributed by atoms with Crippen molar-refractivity contribution in [2.75, 3.05) is 0 Å². The maximum Gasteiger partial charge on any atom is 1.00 e. The van der Waals surface area contributed by atoms with Crippen LogP contribution in [0.25, 0.3) is 0 Å². The van der Waals surface area contributed by atoms with Crippen molar-refractivity contribution >= 4 is 11.9 Å². The number of nitrogens with one attached hydrogen (secondary N) is 1. The molecular weight excluding hydrogens is 217 g/mol. The van der Waals surface area contributed by atoms with Gasteiger partial charge < -0.3 is 15.2 Å². The summed E-state index contributed by atoms with van der Waals surface area (Å²) in [5, 5.41) is 12.8. The average Bonchev–Trinajstić information content (AvgIpc) is 2.17. The zero-order valence-electron chi connectivity index (χ0n) is 9.40. The Labute approximate surface area is 116 Å². The summed E-state index contributed by atoms with van der Waals surface area (Å²) in [6.45, 7) is 1.62. The van der Waals surface area contributed by atoms with Crippen molar-refractivity contribution in [2.45, 2.75) is 19.4 Å². The third kappa shape index (κ3) is 5.30. The summed E-state index contributed by atoms with van der Waals surface area (Å²) in [7, 11) is 0. The van der Waals surface area contributed by atoms with Gasteiger partial charge in [0, 0.05) is 24.0 Å². The Morgan fingerprint density at radius 1 is 1.31 bits per heavy atom. The molecule has 0 saturated carbocycles. The number of amides is 1. The van der Waals surface area contributed by atoms with Crippen LogP contribution in [0.2, 0.25) is 0 Å². The molecule has 1 aromatic rings. The van der Waals surface area contributed by atoms with Crippen molar-refractivity contribution < 1.29 is 44.3 Å². The van der Waals surface area contributed by atoms with Gasteiger partial charge in [-0.3, -0.25) is 4.79 Å². The van der Waals surface area contributed by atoms with Crippen molar-refractivity contribution in [3.05, 3.63) is 35.9 Å². The van der Waals surface area contributed by atoms with Gasteiger partial charge in [0.1, 0.15) is 0 Å². The van der Waals surface area contributed by atoms with Crippen LogP contribution in [0.3, 0.4) is 0 Å². The smallest absolute Gasteiger partial charge is 0.550 e. The van der Waals surface area contributed by atoms with E-state index in [9.17, 15) is 14.7 Å². The van der Waals surface area contributed by atoms with Gasteiger partial charge in [-0.15, -0.1) is 0 Å². The summed E-state index contributed by atoms with van der Waals surface area (Å²) in [6.07, 6.45) is -0.182. The summed E-state index contributed by atoms with van der Waals surface area (Å²) in [4.78, 5) is 21.8. The Bertz CT molecular complexity index is 354. The van der Waals surface area contributed by atoms with Crippen LogP contribution < -0.4 is 40.0 Å². The normalized spacial score (nSPS) is 11.1. The number of carbonyl (C=O) groups excluding carboxylic acids is 2. The van der Waals surface area contributed by atoms with Crippen LogP contribution >= 0.6 is 0 Å². The van der Waals surface area contributed by atoms with E-state index in [1.54, 1.807) is 37.3 Å². The molecule has 5 heteroatoms. The molecule has 4 nitrogen and oxygen atoms in total. The van der Waals surface area contributed by atoms with Gasteiger partial charge in [0.05, 0.1) is 0 Å². The standard InChI is InChI=1S/C11H13NO3.Na/c1-8(7-10(13)14)12-11(15)9-5-3-2-4-6-9;/h2-6,8H,7H2,1H3,(H,12,15)(H,13,14);/q;+1/p-1/t8-;/m1./s1.